The van der Waals surface area contributed by atoms with Crippen molar-refractivity contribution in [3.05, 3.63) is 45.1 Å². The van der Waals surface area contributed by atoms with Gasteiger partial charge in [-0.05, 0) is 31.9 Å². The van der Waals surface area contributed by atoms with Crippen LogP contribution in [0, 0.1) is 6.92 Å². The van der Waals surface area contributed by atoms with Gasteiger partial charge in [0, 0.05) is 21.1 Å². The van der Waals surface area contributed by atoms with Crippen LogP contribution in [-0.2, 0) is 0 Å². The van der Waals surface area contributed by atoms with Gasteiger partial charge in [-0.25, -0.2) is 0 Å². The summed E-state index contributed by atoms with van der Waals surface area (Å²) in [4.78, 5) is 13.9. The average Bonchev–Trinajstić information content (AvgIpc) is 3.16. The minimum absolute atomic E-state index is 0.147. The molecule has 0 amide bonds. The molecule has 2 heterocycles. The van der Waals surface area contributed by atoms with Crippen LogP contribution in [0.1, 0.15) is 45.3 Å². The van der Waals surface area contributed by atoms with Crippen LogP contribution in [0.5, 0.6) is 5.75 Å². The Balaban J connectivity index is 1.86. The van der Waals surface area contributed by atoms with Gasteiger partial charge in [-0.15, -0.1) is 11.3 Å². The number of benzene rings is 1. The van der Waals surface area contributed by atoms with E-state index in [2.05, 4.69) is 5.16 Å². The molecule has 0 spiro atoms. The maximum Gasteiger partial charge on any atom is 0.199 e. The van der Waals surface area contributed by atoms with Crippen molar-refractivity contribution in [2.75, 3.05) is 7.11 Å². The second kappa shape index (κ2) is 5.35. The predicted molar refractivity (Wildman–Crippen MR) is 90.0 cm³/mol. The van der Waals surface area contributed by atoms with Gasteiger partial charge in [0.15, 0.2) is 11.5 Å². The molecular formula is C17H14ClNO3S. The highest BCUT2D eigenvalue weighted by atomic mass is 35.5. The number of carbonyl (C=O) groups excluding carboxylic acids is 1. The highest BCUT2D eigenvalue weighted by Gasteiger charge is 2.33. The number of halogens is 1. The molecule has 4 rings (SSSR count). The van der Waals surface area contributed by atoms with Crippen LogP contribution in [0.4, 0.5) is 0 Å². The van der Waals surface area contributed by atoms with Crippen LogP contribution in [0.15, 0.2) is 22.9 Å². The van der Waals surface area contributed by atoms with Gasteiger partial charge < -0.3 is 9.26 Å². The molecule has 118 valence electrons. The van der Waals surface area contributed by atoms with Gasteiger partial charge in [0.1, 0.15) is 5.75 Å². The summed E-state index contributed by atoms with van der Waals surface area (Å²) in [6, 6.07) is 3.69. The van der Waals surface area contributed by atoms with Gasteiger partial charge in [0.2, 0.25) is 0 Å². The summed E-state index contributed by atoms with van der Waals surface area (Å²) in [5, 5.41) is 5.02. The Kier molecular flexibility index (Phi) is 3.43. The summed E-state index contributed by atoms with van der Waals surface area (Å²) in [6.07, 6.45) is 3.58. The molecule has 3 aromatic rings. The number of fused-ring (bicyclic) bond motifs is 1. The molecule has 0 N–H and O–H groups in total. The third-order valence-corrected chi connectivity index (χ3v) is 5.60. The zero-order chi connectivity index (χ0) is 16.1. The topological polar surface area (TPSA) is 52.3 Å². The molecule has 0 bridgehead atoms. The number of ether oxygens (including phenoxy) is 1. The molecule has 2 aromatic heterocycles. The van der Waals surface area contributed by atoms with Crippen LogP contribution in [0.3, 0.4) is 0 Å². The summed E-state index contributed by atoms with van der Waals surface area (Å²) >= 11 is 8.15. The molecule has 6 heteroatoms. The minimum atomic E-state index is -0.147. The fourth-order valence-corrected chi connectivity index (χ4v) is 4.30. The highest BCUT2D eigenvalue weighted by Crippen LogP contribution is 2.45. The van der Waals surface area contributed by atoms with E-state index in [1.54, 1.807) is 24.5 Å². The van der Waals surface area contributed by atoms with Crippen LogP contribution in [-0.4, -0.2) is 18.0 Å². The number of hydrogen-bond donors (Lipinski definition) is 0. The van der Waals surface area contributed by atoms with E-state index in [4.69, 9.17) is 20.9 Å². The van der Waals surface area contributed by atoms with E-state index < -0.39 is 0 Å². The summed E-state index contributed by atoms with van der Waals surface area (Å²) in [6.45, 7) is 1.98. The fraction of sp³-hybridized carbons (Fsp3) is 0.294. The maximum atomic E-state index is 12.9. The molecule has 4 nitrogen and oxygen atoms in total. The summed E-state index contributed by atoms with van der Waals surface area (Å²) in [5.41, 5.74) is 0.972. The lowest BCUT2D eigenvalue weighted by atomic mass is 10.0. The van der Waals surface area contributed by atoms with Gasteiger partial charge in [0.05, 0.1) is 29.3 Å². The van der Waals surface area contributed by atoms with E-state index in [9.17, 15) is 4.79 Å². The van der Waals surface area contributed by atoms with E-state index in [1.165, 1.54) is 6.20 Å². The zero-order valence-corrected chi connectivity index (χ0v) is 14.3. The molecule has 0 radical (unpaired) electrons. The molecule has 0 aliphatic heterocycles. The van der Waals surface area contributed by atoms with Gasteiger partial charge >= 0.3 is 0 Å². The molecule has 0 saturated heterocycles. The van der Waals surface area contributed by atoms with Gasteiger partial charge in [-0.2, -0.15) is 0 Å². The normalized spacial score (nSPS) is 14.4. The highest BCUT2D eigenvalue weighted by molar-refractivity contribution is 7.19. The zero-order valence-electron chi connectivity index (χ0n) is 12.7. The van der Waals surface area contributed by atoms with E-state index >= 15 is 0 Å². The fourth-order valence-electron chi connectivity index (χ4n) is 2.87. The molecule has 1 aromatic carbocycles. The Morgan fingerprint density at radius 3 is 2.87 bits per heavy atom. The molecule has 1 fully saturated rings. The second-order valence-electron chi connectivity index (χ2n) is 5.70. The summed E-state index contributed by atoms with van der Waals surface area (Å²) in [5.74, 6) is 1.58. The third kappa shape index (κ3) is 2.26. The number of aryl methyl sites for hydroxylation is 1. The molecule has 23 heavy (non-hydrogen) atoms. The van der Waals surface area contributed by atoms with Crippen LogP contribution in [0.2, 0.25) is 5.02 Å². The Morgan fingerprint density at radius 1 is 1.39 bits per heavy atom. The first-order valence-electron chi connectivity index (χ1n) is 7.36. The van der Waals surface area contributed by atoms with Crippen molar-refractivity contribution >= 4 is 38.8 Å². The quantitative estimate of drug-likeness (QED) is 0.625. The van der Waals surface area contributed by atoms with E-state index in [-0.39, 0.29) is 5.78 Å². The molecule has 0 atom stereocenters. The third-order valence-electron chi connectivity index (χ3n) is 4.15. The van der Waals surface area contributed by atoms with Crippen LogP contribution >= 0.6 is 22.9 Å². The van der Waals surface area contributed by atoms with E-state index in [1.807, 2.05) is 13.0 Å². The van der Waals surface area contributed by atoms with Crippen molar-refractivity contribution in [3.63, 3.8) is 0 Å². The average molecular weight is 348 g/mol. The van der Waals surface area contributed by atoms with Crippen molar-refractivity contribution in [2.45, 2.75) is 25.7 Å². The van der Waals surface area contributed by atoms with Crippen molar-refractivity contribution in [3.8, 4) is 5.75 Å². The lowest BCUT2D eigenvalue weighted by Gasteiger charge is -2.06. The lowest BCUT2D eigenvalue weighted by molar-refractivity contribution is 0.103. The molecule has 1 saturated carbocycles. The number of rotatable bonds is 4. The summed E-state index contributed by atoms with van der Waals surface area (Å²) < 4.78 is 11.7. The molecule has 0 unspecified atom stereocenters. The first kappa shape index (κ1) is 14.7. The van der Waals surface area contributed by atoms with Crippen molar-refractivity contribution in [1.29, 1.82) is 0 Å². The van der Waals surface area contributed by atoms with Crippen molar-refractivity contribution < 1.29 is 14.1 Å². The van der Waals surface area contributed by atoms with Gasteiger partial charge in [0.25, 0.3) is 0 Å². The first-order chi connectivity index (χ1) is 11.1. The predicted octanol–water partition coefficient (Wildman–Crippen LogP) is 4.97. The van der Waals surface area contributed by atoms with E-state index in [0.717, 1.165) is 33.6 Å². The van der Waals surface area contributed by atoms with Crippen LogP contribution < -0.4 is 4.74 Å². The van der Waals surface area contributed by atoms with Crippen LogP contribution in [0.25, 0.3) is 10.1 Å². The number of methoxy groups -OCH3 is 1. The second-order valence-corrected chi connectivity index (χ2v) is 7.33. The lowest BCUT2D eigenvalue weighted by Crippen LogP contribution is -2.03. The minimum Gasteiger partial charge on any atom is -0.495 e. The molecule has 1 aliphatic carbocycles. The monoisotopic (exact) mass is 347 g/mol. The smallest absolute Gasteiger partial charge is 0.199 e. The number of carbonyl (C=O) groups is 1. The van der Waals surface area contributed by atoms with Gasteiger partial charge in [-0.1, -0.05) is 16.8 Å². The van der Waals surface area contributed by atoms with Gasteiger partial charge in [-0.3, -0.25) is 4.79 Å². The first-order valence-corrected chi connectivity index (χ1v) is 8.56. The van der Waals surface area contributed by atoms with E-state index in [0.29, 0.717) is 27.8 Å². The number of thiophene rings is 1. The number of hydrogen-bond acceptors (Lipinski definition) is 5. The van der Waals surface area contributed by atoms with Crippen molar-refractivity contribution in [2.24, 2.45) is 0 Å². The summed E-state index contributed by atoms with van der Waals surface area (Å²) in [7, 11) is 1.62. The number of ketones is 1. The Hall–Kier alpha value is -1.85. The Labute approximate surface area is 142 Å². The maximum absolute atomic E-state index is 12.9. The molecular weight excluding hydrogens is 334 g/mol. The number of aromatic nitrogens is 1. The number of nitrogens with zero attached hydrogens (tertiary/aromatic N) is 1. The Morgan fingerprint density at radius 2 is 2.17 bits per heavy atom. The SMILES string of the molecule is COc1c(C)sc2ccc(C(=O)c3cnoc3C3CC3)c(Cl)c12. The standard InChI is InChI=1S/C17H14ClNO3S/c1-8-16(21-2)13-12(23-8)6-5-10(14(13)18)15(20)11-7-19-22-17(11)9-3-4-9/h5-7,9H,3-4H2,1-2H3. The largest absolute Gasteiger partial charge is 0.495 e. The van der Waals surface area contributed by atoms with Crippen molar-refractivity contribution in [1.82, 2.24) is 5.16 Å². The molecule has 1 aliphatic rings. The Bertz CT molecular complexity index is 923.